The minimum atomic E-state index is -0.634. The first kappa shape index (κ1) is 7.62. The molecule has 3 nitrogen and oxygen atoms in total. The van der Waals surface area contributed by atoms with Crippen LogP contribution in [-0.4, -0.2) is 11.7 Å². The molecule has 0 heterocycles. The van der Waals surface area contributed by atoms with Gasteiger partial charge < -0.3 is 5.73 Å². The van der Waals surface area contributed by atoms with E-state index in [2.05, 4.69) is 12.3 Å². The molecule has 2 N–H and O–H groups in total. The average Bonchev–Trinajstić information content (AvgIpc) is 1.83. The molecule has 3 heteroatoms. The highest BCUT2D eigenvalue weighted by atomic mass is 16.1. The average molecular weight is 125 g/mol. The van der Waals surface area contributed by atoms with Crippen molar-refractivity contribution >= 4 is 11.7 Å². The molecule has 0 aliphatic carbocycles. The van der Waals surface area contributed by atoms with E-state index in [1.165, 1.54) is 0 Å². The maximum absolute atomic E-state index is 10.3. The Labute approximate surface area is 52.8 Å². The predicted octanol–water partition coefficient (Wildman–Crippen LogP) is -0.217. The Kier molecular flexibility index (Phi) is 3.05. The van der Waals surface area contributed by atoms with E-state index in [1.807, 2.05) is 0 Å². The molecule has 0 saturated carbocycles. The lowest BCUT2D eigenvalue weighted by molar-refractivity contribution is -0.114. The van der Waals surface area contributed by atoms with Gasteiger partial charge in [0.1, 0.15) is 0 Å². The molecule has 0 aromatic carbocycles. The van der Waals surface area contributed by atoms with Gasteiger partial charge >= 0.3 is 0 Å². The van der Waals surface area contributed by atoms with Crippen LogP contribution in [0.3, 0.4) is 0 Å². The highest BCUT2D eigenvalue weighted by Gasteiger charge is 1.86. The zero-order chi connectivity index (χ0) is 7.28. The number of primary amides is 1. The fourth-order valence-electron chi connectivity index (χ4n) is 0.232. The van der Waals surface area contributed by atoms with Gasteiger partial charge in [-0.25, -0.2) is 0 Å². The Morgan fingerprint density at radius 1 is 1.33 bits per heavy atom. The molecule has 1 amide bonds. The van der Waals surface area contributed by atoms with Crippen molar-refractivity contribution in [3.8, 4) is 0 Å². The molecule has 0 radical (unpaired) electrons. The van der Waals surface area contributed by atoms with Crippen molar-refractivity contribution in [2.24, 2.45) is 5.73 Å². The number of ketones is 1. The quantitative estimate of drug-likeness (QED) is 0.530. The van der Waals surface area contributed by atoms with Crippen molar-refractivity contribution in [2.45, 2.75) is 0 Å². The van der Waals surface area contributed by atoms with E-state index in [0.717, 1.165) is 18.2 Å². The zero-order valence-corrected chi connectivity index (χ0v) is 4.83. The topological polar surface area (TPSA) is 60.2 Å². The van der Waals surface area contributed by atoms with Crippen LogP contribution in [0, 0.1) is 0 Å². The fourth-order valence-corrected chi connectivity index (χ4v) is 0.232. The molecule has 0 aliphatic rings. The van der Waals surface area contributed by atoms with Crippen LogP contribution in [0.1, 0.15) is 0 Å². The summed E-state index contributed by atoms with van der Waals surface area (Å²) in [7, 11) is 0. The van der Waals surface area contributed by atoms with E-state index in [4.69, 9.17) is 0 Å². The maximum atomic E-state index is 10.3. The summed E-state index contributed by atoms with van der Waals surface area (Å²) in [6.07, 6.45) is 3.15. The lowest BCUT2D eigenvalue weighted by Crippen LogP contribution is -2.06. The van der Waals surface area contributed by atoms with Gasteiger partial charge in [-0.05, 0) is 12.2 Å². The Morgan fingerprint density at radius 2 is 1.89 bits per heavy atom. The van der Waals surface area contributed by atoms with Gasteiger partial charge in [0.15, 0.2) is 5.78 Å². The number of amides is 1. The van der Waals surface area contributed by atoms with E-state index in [1.54, 1.807) is 0 Å². The summed E-state index contributed by atoms with van der Waals surface area (Å²) in [5.74, 6) is -0.959. The molecule has 0 rings (SSSR count). The van der Waals surface area contributed by atoms with Gasteiger partial charge in [0.2, 0.25) is 5.91 Å². The zero-order valence-electron chi connectivity index (χ0n) is 4.83. The SMILES string of the molecule is C=CC(=O)C=CC(N)=O. The molecule has 0 fully saturated rings. The van der Waals surface area contributed by atoms with Gasteiger partial charge in [0, 0.05) is 6.08 Å². The van der Waals surface area contributed by atoms with E-state index in [9.17, 15) is 9.59 Å². The molecule has 48 valence electrons. The van der Waals surface area contributed by atoms with Crippen LogP contribution in [0.2, 0.25) is 0 Å². The summed E-state index contributed by atoms with van der Waals surface area (Å²) >= 11 is 0. The number of carbonyl (C=O) groups is 2. The third-order valence-electron chi connectivity index (χ3n) is 0.613. The van der Waals surface area contributed by atoms with Gasteiger partial charge in [-0.2, -0.15) is 0 Å². The van der Waals surface area contributed by atoms with E-state index < -0.39 is 5.91 Å². The molecule has 0 aromatic heterocycles. The molecular formula is C6H7NO2. The number of allylic oxidation sites excluding steroid dienone is 2. The van der Waals surface area contributed by atoms with Gasteiger partial charge in [-0.1, -0.05) is 6.58 Å². The Morgan fingerprint density at radius 3 is 2.22 bits per heavy atom. The highest BCUT2D eigenvalue weighted by Crippen LogP contribution is 1.75. The van der Waals surface area contributed by atoms with Crippen molar-refractivity contribution in [1.82, 2.24) is 0 Å². The number of rotatable bonds is 3. The van der Waals surface area contributed by atoms with Crippen LogP contribution >= 0.6 is 0 Å². The number of carbonyl (C=O) groups excluding carboxylic acids is 2. The van der Waals surface area contributed by atoms with Crippen molar-refractivity contribution in [2.75, 3.05) is 0 Å². The van der Waals surface area contributed by atoms with Crippen LogP contribution in [0.4, 0.5) is 0 Å². The normalized spacial score (nSPS) is 9.33. The lowest BCUT2D eigenvalue weighted by Gasteiger charge is -1.77. The first-order valence-electron chi connectivity index (χ1n) is 2.30. The van der Waals surface area contributed by atoms with Gasteiger partial charge in [-0.15, -0.1) is 0 Å². The van der Waals surface area contributed by atoms with Crippen LogP contribution in [0.15, 0.2) is 24.8 Å². The van der Waals surface area contributed by atoms with Crippen LogP contribution in [-0.2, 0) is 9.59 Å². The van der Waals surface area contributed by atoms with Crippen LogP contribution in [0.5, 0.6) is 0 Å². The van der Waals surface area contributed by atoms with Crippen molar-refractivity contribution in [3.05, 3.63) is 24.8 Å². The smallest absolute Gasteiger partial charge is 0.241 e. The summed E-state index contributed by atoms with van der Waals surface area (Å²) in [6, 6.07) is 0. The van der Waals surface area contributed by atoms with Crippen LogP contribution < -0.4 is 5.73 Å². The summed E-state index contributed by atoms with van der Waals surface area (Å²) < 4.78 is 0. The van der Waals surface area contributed by atoms with Gasteiger partial charge in [-0.3, -0.25) is 9.59 Å². The molecule has 0 saturated heterocycles. The number of nitrogens with two attached hydrogens (primary N) is 1. The summed E-state index contributed by atoms with van der Waals surface area (Å²) in [5, 5.41) is 0. The van der Waals surface area contributed by atoms with Gasteiger partial charge in [0.25, 0.3) is 0 Å². The largest absolute Gasteiger partial charge is 0.366 e. The van der Waals surface area contributed by atoms with E-state index in [0.29, 0.717) is 0 Å². The molecule has 0 spiro atoms. The first-order valence-corrected chi connectivity index (χ1v) is 2.30. The molecule has 0 aromatic rings. The second-order valence-corrected chi connectivity index (χ2v) is 1.34. The minimum Gasteiger partial charge on any atom is -0.366 e. The van der Waals surface area contributed by atoms with Crippen molar-refractivity contribution < 1.29 is 9.59 Å². The standard InChI is InChI=1S/C6H7NO2/c1-2-5(8)3-4-6(7)9/h2-4H,1H2,(H2,7,9). The molecule has 9 heavy (non-hydrogen) atoms. The summed E-state index contributed by atoms with van der Waals surface area (Å²) in [5.41, 5.74) is 4.68. The monoisotopic (exact) mass is 125 g/mol. The second kappa shape index (κ2) is 3.60. The molecule has 0 atom stereocenters. The Hall–Kier alpha value is -1.38. The van der Waals surface area contributed by atoms with E-state index in [-0.39, 0.29) is 5.78 Å². The maximum Gasteiger partial charge on any atom is 0.241 e. The van der Waals surface area contributed by atoms with Crippen molar-refractivity contribution in [1.29, 1.82) is 0 Å². The predicted molar refractivity (Wildman–Crippen MR) is 33.5 cm³/mol. The molecular weight excluding hydrogens is 118 g/mol. The highest BCUT2D eigenvalue weighted by molar-refractivity contribution is 6.02. The Balaban J connectivity index is 3.85. The third-order valence-corrected chi connectivity index (χ3v) is 0.613. The Bertz CT molecular complexity index is 170. The summed E-state index contributed by atoms with van der Waals surface area (Å²) in [4.78, 5) is 20.3. The lowest BCUT2D eigenvalue weighted by atomic mass is 10.3. The number of hydrogen-bond acceptors (Lipinski definition) is 2. The summed E-state index contributed by atoms with van der Waals surface area (Å²) in [6.45, 7) is 3.19. The molecule has 0 aliphatic heterocycles. The fraction of sp³-hybridized carbons (Fsp3) is 0. The molecule has 0 unspecified atom stereocenters. The third kappa shape index (κ3) is 4.47. The second-order valence-electron chi connectivity index (χ2n) is 1.34. The number of hydrogen-bond donors (Lipinski definition) is 1. The van der Waals surface area contributed by atoms with E-state index >= 15 is 0 Å². The first-order chi connectivity index (χ1) is 4.16. The molecule has 0 bridgehead atoms. The minimum absolute atomic E-state index is 0.325. The van der Waals surface area contributed by atoms with Gasteiger partial charge in [0.05, 0.1) is 0 Å². The van der Waals surface area contributed by atoms with Crippen molar-refractivity contribution in [3.63, 3.8) is 0 Å². The van der Waals surface area contributed by atoms with Crippen LogP contribution in [0.25, 0.3) is 0 Å².